The first-order valence-corrected chi connectivity index (χ1v) is 9.78. The van der Waals surface area contributed by atoms with Gasteiger partial charge in [0.2, 0.25) is 5.91 Å². The summed E-state index contributed by atoms with van der Waals surface area (Å²) in [7, 11) is 1.63. The van der Waals surface area contributed by atoms with Crippen molar-refractivity contribution in [1.29, 1.82) is 0 Å². The Kier molecular flexibility index (Phi) is 4.16. The van der Waals surface area contributed by atoms with E-state index in [2.05, 4.69) is 10.0 Å². The Morgan fingerprint density at radius 1 is 0.964 bits per heavy atom. The van der Waals surface area contributed by atoms with E-state index < -0.39 is 12.0 Å². The normalized spacial score (nSPS) is 27.4. The van der Waals surface area contributed by atoms with E-state index in [1.54, 1.807) is 31.4 Å². The molecule has 6 nitrogen and oxygen atoms in total. The van der Waals surface area contributed by atoms with E-state index in [9.17, 15) is 9.59 Å². The highest BCUT2D eigenvalue weighted by Gasteiger charge is 2.62. The zero-order valence-electron chi connectivity index (χ0n) is 15.4. The van der Waals surface area contributed by atoms with Crippen molar-refractivity contribution in [2.24, 2.45) is 5.92 Å². The van der Waals surface area contributed by atoms with Gasteiger partial charge in [0.1, 0.15) is 11.8 Å². The molecule has 144 valence electrons. The molecule has 0 aromatic heterocycles. The summed E-state index contributed by atoms with van der Waals surface area (Å²) in [6.45, 7) is 1.64. The van der Waals surface area contributed by atoms with Gasteiger partial charge >= 0.3 is 0 Å². The molecule has 0 N–H and O–H groups in total. The molecule has 7 heteroatoms. The van der Waals surface area contributed by atoms with E-state index in [-0.39, 0.29) is 17.9 Å². The van der Waals surface area contributed by atoms with Gasteiger partial charge in [0, 0.05) is 18.1 Å². The molecule has 3 aliphatic heterocycles. The van der Waals surface area contributed by atoms with E-state index >= 15 is 0 Å². The van der Waals surface area contributed by atoms with Crippen molar-refractivity contribution in [2.45, 2.75) is 18.5 Å². The molecule has 3 fully saturated rings. The number of nitrogens with zero attached hydrogens (tertiary/aromatic N) is 3. The predicted molar refractivity (Wildman–Crippen MR) is 105 cm³/mol. The lowest BCUT2D eigenvalue weighted by Gasteiger charge is -2.29. The highest BCUT2D eigenvalue weighted by Crippen LogP contribution is 2.49. The van der Waals surface area contributed by atoms with Gasteiger partial charge in [-0.05, 0) is 42.3 Å². The number of hydrogen-bond acceptors (Lipinski definition) is 5. The van der Waals surface area contributed by atoms with Crippen molar-refractivity contribution in [3.8, 4) is 5.75 Å². The van der Waals surface area contributed by atoms with Crippen LogP contribution in [0.2, 0.25) is 5.02 Å². The minimum absolute atomic E-state index is 0.154. The standard InChI is InChI=1S/C21H20ClN3O3/c1-28-16-8-6-13(7-9-16)18-17-19(24-11-3-10-23(18)24)21(27)25(20(17)26)15-5-2-4-14(22)12-15/h2,4-9,12,17-19H,3,10-11H2,1H3/t17-,18-,19+/m1/s1. The first-order valence-electron chi connectivity index (χ1n) is 9.40. The lowest BCUT2D eigenvalue weighted by atomic mass is 9.90. The van der Waals surface area contributed by atoms with Crippen molar-refractivity contribution in [3.05, 3.63) is 59.1 Å². The molecule has 5 rings (SSSR count). The average molecular weight is 398 g/mol. The van der Waals surface area contributed by atoms with Crippen LogP contribution in [-0.4, -0.2) is 48.1 Å². The molecule has 0 unspecified atom stereocenters. The molecule has 0 spiro atoms. The van der Waals surface area contributed by atoms with E-state index in [0.29, 0.717) is 10.7 Å². The SMILES string of the molecule is COc1ccc([C@@H]2[C@H]3C(=O)N(c4cccc(Cl)c4)C(=O)[C@H]3N3CCCN23)cc1. The average Bonchev–Trinajstić information content (AvgIpc) is 3.34. The molecule has 2 aromatic rings. The summed E-state index contributed by atoms with van der Waals surface area (Å²) < 4.78 is 5.26. The van der Waals surface area contributed by atoms with E-state index in [4.69, 9.17) is 16.3 Å². The van der Waals surface area contributed by atoms with Crippen molar-refractivity contribution in [2.75, 3.05) is 25.1 Å². The van der Waals surface area contributed by atoms with Crippen LogP contribution in [0.5, 0.6) is 5.75 Å². The Balaban J connectivity index is 1.56. The Hall–Kier alpha value is -2.41. The first-order chi connectivity index (χ1) is 13.6. The number of carbonyl (C=O) groups excluding carboxylic acids is 2. The second kappa shape index (κ2) is 6.58. The summed E-state index contributed by atoms with van der Waals surface area (Å²) in [6.07, 6.45) is 0.981. The maximum absolute atomic E-state index is 13.4. The Bertz CT molecular complexity index is 948. The lowest BCUT2D eigenvalue weighted by molar-refractivity contribution is -0.126. The molecule has 2 amide bonds. The molecule has 3 atom stereocenters. The summed E-state index contributed by atoms with van der Waals surface area (Å²) in [4.78, 5) is 28.0. The number of methoxy groups -OCH3 is 1. The lowest BCUT2D eigenvalue weighted by Crippen LogP contribution is -2.44. The molecular formula is C21H20ClN3O3. The number of fused-ring (bicyclic) bond motifs is 3. The number of hydrogen-bond donors (Lipinski definition) is 0. The topological polar surface area (TPSA) is 53.1 Å². The van der Waals surface area contributed by atoms with Crippen molar-refractivity contribution < 1.29 is 14.3 Å². The third-order valence-electron chi connectivity index (χ3n) is 5.93. The van der Waals surface area contributed by atoms with Crippen LogP contribution in [0.4, 0.5) is 5.69 Å². The minimum atomic E-state index is -0.457. The monoisotopic (exact) mass is 397 g/mol. The highest BCUT2D eigenvalue weighted by molar-refractivity contribution is 6.31. The number of rotatable bonds is 3. The summed E-state index contributed by atoms with van der Waals surface area (Å²) in [5.74, 6) is 0.0128. The quantitative estimate of drug-likeness (QED) is 0.745. The number of ether oxygens (including phenoxy) is 1. The van der Waals surface area contributed by atoms with E-state index in [1.807, 2.05) is 24.3 Å². The van der Waals surface area contributed by atoms with Crippen LogP contribution < -0.4 is 9.64 Å². The van der Waals surface area contributed by atoms with Gasteiger partial charge in [0.05, 0.1) is 24.8 Å². The van der Waals surface area contributed by atoms with Crippen LogP contribution >= 0.6 is 11.6 Å². The van der Waals surface area contributed by atoms with Gasteiger partial charge in [-0.2, -0.15) is 0 Å². The van der Waals surface area contributed by atoms with Crippen LogP contribution in [0.3, 0.4) is 0 Å². The van der Waals surface area contributed by atoms with Gasteiger partial charge < -0.3 is 4.74 Å². The van der Waals surface area contributed by atoms with Gasteiger partial charge in [0.15, 0.2) is 0 Å². The van der Waals surface area contributed by atoms with Crippen LogP contribution in [0.1, 0.15) is 18.0 Å². The number of carbonyl (C=O) groups is 2. The molecule has 0 aliphatic carbocycles. The smallest absolute Gasteiger partial charge is 0.253 e. The fourth-order valence-electron chi connectivity index (χ4n) is 4.78. The number of anilines is 1. The van der Waals surface area contributed by atoms with Gasteiger partial charge in [-0.1, -0.05) is 29.8 Å². The van der Waals surface area contributed by atoms with Crippen LogP contribution in [0, 0.1) is 5.92 Å². The summed E-state index contributed by atoms with van der Waals surface area (Å²) >= 11 is 6.10. The van der Waals surface area contributed by atoms with Crippen LogP contribution in [0.25, 0.3) is 0 Å². The summed E-state index contributed by atoms with van der Waals surface area (Å²) in [6, 6.07) is 14.1. The fraction of sp³-hybridized carbons (Fsp3) is 0.333. The predicted octanol–water partition coefficient (Wildman–Crippen LogP) is 2.88. The van der Waals surface area contributed by atoms with E-state index in [0.717, 1.165) is 30.8 Å². The van der Waals surface area contributed by atoms with Crippen molar-refractivity contribution in [3.63, 3.8) is 0 Å². The Morgan fingerprint density at radius 2 is 1.68 bits per heavy atom. The Labute approximate surface area is 168 Å². The fourth-order valence-corrected chi connectivity index (χ4v) is 4.97. The number of hydrazine groups is 1. The molecule has 0 bridgehead atoms. The molecule has 0 radical (unpaired) electrons. The van der Waals surface area contributed by atoms with Gasteiger partial charge in [0.25, 0.3) is 5.91 Å². The third kappa shape index (κ3) is 2.49. The number of imide groups is 1. The summed E-state index contributed by atoms with van der Waals surface area (Å²) in [5, 5.41) is 4.79. The van der Waals surface area contributed by atoms with Crippen molar-refractivity contribution >= 4 is 29.1 Å². The number of benzene rings is 2. The van der Waals surface area contributed by atoms with E-state index in [1.165, 1.54) is 4.90 Å². The second-order valence-corrected chi connectivity index (χ2v) is 7.80. The molecule has 3 aliphatic rings. The minimum Gasteiger partial charge on any atom is -0.497 e. The third-order valence-corrected chi connectivity index (χ3v) is 6.16. The highest BCUT2D eigenvalue weighted by atomic mass is 35.5. The first kappa shape index (κ1) is 17.7. The van der Waals surface area contributed by atoms with Gasteiger partial charge in [-0.3, -0.25) is 9.59 Å². The summed E-state index contributed by atoms with van der Waals surface area (Å²) in [5.41, 5.74) is 1.56. The zero-order valence-corrected chi connectivity index (χ0v) is 16.2. The molecule has 2 aromatic carbocycles. The second-order valence-electron chi connectivity index (χ2n) is 7.36. The molecule has 3 saturated heterocycles. The van der Waals surface area contributed by atoms with Crippen LogP contribution in [-0.2, 0) is 9.59 Å². The zero-order chi connectivity index (χ0) is 19.4. The van der Waals surface area contributed by atoms with Gasteiger partial charge in [-0.15, -0.1) is 0 Å². The maximum Gasteiger partial charge on any atom is 0.253 e. The van der Waals surface area contributed by atoms with Crippen molar-refractivity contribution in [1.82, 2.24) is 10.0 Å². The molecule has 0 saturated carbocycles. The van der Waals surface area contributed by atoms with Gasteiger partial charge in [-0.25, -0.2) is 14.9 Å². The maximum atomic E-state index is 13.4. The Morgan fingerprint density at radius 3 is 2.36 bits per heavy atom. The number of amides is 2. The largest absolute Gasteiger partial charge is 0.497 e. The van der Waals surface area contributed by atoms with Crippen LogP contribution in [0.15, 0.2) is 48.5 Å². The molecule has 28 heavy (non-hydrogen) atoms. The molecule has 3 heterocycles. The number of halogens is 1. The molecular weight excluding hydrogens is 378 g/mol.